The van der Waals surface area contributed by atoms with Crippen molar-refractivity contribution in [2.24, 2.45) is 0 Å². The molecule has 1 fully saturated rings. The summed E-state index contributed by atoms with van der Waals surface area (Å²) in [5.41, 5.74) is 0.748. The molecule has 0 spiro atoms. The van der Waals surface area contributed by atoms with E-state index in [2.05, 4.69) is 10.6 Å². The highest BCUT2D eigenvalue weighted by Crippen LogP contribution is 2.28. The topological polar surface area (TPSA) is 114 Å². The van der Waals surface area contributed by atoms with Crippen LogP contribution in [-0.2, 0) is 26.0 Å². The van der Waals surface area contributed by atoms with Gasteiger partial charge in [0.15, 0.2) is 0 Å². The van der Waals surface area contributed by atoms with Crippen molar-refractivity contribution in [3.8, 4) is 11.5 Å². The first-order valence-corrected chi connectivity index (χ1v) is 13.9. The lowest BCUT2D eigenvalue weighted by atomic mass is 10.0. The van der Waals surface area contributed by atoms with Crippen LogP contribution in [-0.4, -0.2) is 63.9 Å². The fraction of sp³-hybridized carbons (Fsp3) is 0.357. The van der Waals surface area contributed by atoms with Gasteiger partial charge in [0.25, 0.3) is 0 Å². The number of rotatable bonds is 9. The molecule has 1 atom stereocenters. The van der Waals surface area contributed by atoms with Gasteiger partial charge in [-0.25, -0.2) is 8.42 Å². The molecular weight excluding hydrogens is 506 g/mol. The normalized spacial score (nSPS) is 15.6. The third-order valence-electron chi connectivity index (χ3n) is 6.78. The number of carbonyl (C=O) groups is 2. The van der Waals surface area contributed by atoms with Crippen molar-refractivity contribution in [2.75, 3.05) is 27.3 Å². The van der Waals surface area contributed by atoms with Gasteiger partial charge in [0.05, 0.1) is 19.1 Å². The highest BCUT2D eigenvalue weighted by molar-refractivity contribution is 7.89. The van der Waals surface area contributed by atoms with Crippen LogP contribution >= 0.6 is 0 Å². The van der Waals surface area contributed by atoms with Crippen LogP contribution in [0.5, 0.6) is 11.5 Å². The second kappa shape index (κ2) is 11.8. The Bertz CT molecular complexity index is 1410. The molecule has 2 amide bonds. The number of amides is 2. The summed E-state index contributed by atoms with van der Waals surface area (Å²) in [6, 6.07) is 17.0. The number of fused-ring (bicyclic) bond motifs is 1. The van der Waals surface area contributed by atoms with E-state index in [1.54, 1.807) is 37.4 Å². The zero-order valence-electron chi connectivity index (χ0n) is 21.8. The minimum absolute atomic E-state index is 0.213. The molecule has 10 heteroatoms. The molecule has 0 aromatic heterocycles. The third-order valence-corrected chi connectivity index (χ3v) is 8.74. The Morgan fingerprint density at radius 1 is 1.00 bits per heavy atom. The molecule has 2 N–H and O–H groups in total. The highest BCUT2D eigenvalue weighted by Gasteiger charge is 2.32. The van der Waals surface area contributed by atoms with Crippen LogP contribution in [0.25, 0.3) is 10.8 Å². The number of carbonyl (C=O) groups excluding carboxylic acids is 2. The number of hydrogen-bond donors (Lipinski definition) is 2. The molecule has 1 saturated heterocycles. The van der Waals surface area contributed by atoms with E-state index in [0.717, 1.165) is 10.9 Å². The Morgan fingerprint density at radius 2 is 1.71 bits per heavy atom. The Labute approximate surface area is 223 Å². The Balaban J connectivity index is 1.42. The molecule has 1 aliphatic rings. The summed E-state index contributed by atoms with van der Waals surface area (Å²) in [7, 11) is -0.598. The Morgan fingerprint density at radius 3 is 2.39 bits per heavy atom. The summed E-state index contributed by atoms with van der Waals surface area (Å²) in [5.74, 6) is 0.526. The molecule has 0 saturated carbocycles. The number of piperidine rings is 1. The average Bonchev–Trinajstić information content (AvgIpc) is 2.92. The van der Waals surface area contributed by atoms with E-state index in [9.17, 15) is 18.0 Å². The summed E-state index contributed by atoms with van der Waals surface area (Å²) in [4.78, 5) is 25.3. The smallest absolute Gasteiger partial charge is 0.243 e. The zero-order valence-corrected chi connectivity index (χ0v) is 22.6. The fourth-order valence-corrected chi connectivity index (χ4v) is 6.48. The van der Waals surface area contributed by atoms with E-state index in [4.69, 9.17) is 9.47 Å². The minimum atomic E-state index is -3.69. The van der Waals surface area contributed by atoms with Crippen LogP contribution in [0.15, 0.2) is 65.6 Å². The van der Waals surface area contributed by atoms with E-state index >= 15 is 0 Å². The fourth-order valence-electron chi connectivity index (χ4n) is 4.80. The summed E-state index contributed by atoms with van der Waals surface area (Å²) >= 11 is 0. The molecular formula is C28H33N3O6S. The molecule has 1 heterocycles. The lowest BCUT2D eigenvalue weighted by Crippen LogP contribution is -2.53. The molecule has 0 bridgehead atoms. The maximum absolute atomic E-state index is 13.4. The van der Waals surface area contributed by atoms with E-state index in [-0.39, 0.29) is 42.3 Å². The number of methoxy groups -OCH3 is 2. The van der Waals surface area contributed by atoms with Gasteiger partial charge < -0.3 is 20.1 Å². The standard InChI is InChI=1S/C28H33N3O6S/c1-19(32)29-25(17-21-11-12-23(36-2)18-26(21)37-3)28(33)30-22-13-15-31(16-14-22)38(34,35)27-10-6-8-20-7-4-5-9-24(20)27/h4-12,18,22,25H,13-17H2,1-3H3,(H,29,32)(H,30,33)/t25-/m1/s1. The zero-order chi connectivity index (χ0) is 27.3. The van der Waals surface area contributed by atoms with Crippen molar-refractivity contribution in [3.63, 3.8) is 0 Å². The van der Waals surface area contributed by atoms with Crippen LogP contribution in [0.2, 0.25) is 0 Å². The van der Waals surface area contributed by atoms with Gasteiger partial charge in [-0.1, -0.05) is 42.5 Å². The quantitative estimate of drug-likeness (QED) is 0.432. The van der Waals surface area contributed by atoms with E-state index in [1.807, 2.05) is 30.3 Å². The molecule has 0 unspecified atom stereocenters. The molecule has 1 aliphatic heterocycles. The second-order valence-corrected chi connectivity index (χ2v) is 11.2. The van der Waals surface area contributed by atoms with Crippen molar-refractivity contribution < 1.29 is 27.5 Å². The van der Waals surface area contributed by atoms with E-state index in [0.29, 0.717) is 29.7 Å². The van der Waals surface area contributed by atoms with Crippen LogP contribution in [0.1, 0.15) is 25.3 Å². The van der Waals surface area contributed by atoms with Crippen molar-refractivity contribution >= 4 is 32.6 Å². The molecule has 3 aromatic rings. The summed E-state index contributed by atoms with van der Waals surface area (Å²) < 4.78 is 39.0. The maximum atomic E-state index is 13.4. The minimum Gasteiger partial charge on any atom is -0.497 e. The molecule has 4 rings (SSSR count). The largest absolute Gasteiger partial charge is 0.497 e. The number of sulfonamides is 1. The first-order chi connectivity index (χ1) is 18.2. The van der Waals surface area contributed by atoms with Crippen LogP contribution in [0.4, 0.5) is 0 Å². The van der Waals surface area contributed by atoms with Gasteiger partial charge in [-0.15, -0.1) is 0 Å². The number of hydrogen-bond acceptors (Lipinski definition) is 6. The lowest BCUT2D eigenvalue weighted by molar-refractivity contribution is -0.128. The SMILES string of the molecule is COc1ccc(C[C@@H](NC(C)=O)C(=O)NC2CCN(S(=O)(=O)c3cccc4ccccc34)CC2)c(OC)c1. The number of nitrogens with one attached hydrogen (secondary N) is 2. The first kappa shape index (κ1) is 27.4. The molecule has 9 nitrogen and oxygen atoms in total. The molecule has 202 valence electrons. The van der Waals surface area contributed by atoms with Crippen LogP contribution in [0, 0.1) is 0 Å². The average molecular weight is 540 g/mol. The number of benzene rings is 3. The summed E-state index contributed by atoms with van der Waals surface area (Å²) in [6.07, 6.45) is 1.16. The molecule has 0 aliphatic carbocycles. The maximum Gasteiger partial charge on any atom is 0.243 e. The number of ether oxygens (including phenoxy) is 2. The number of nitrogens with zero attached hydrogens (tertiary/aromatic N) is 1. The van der Waals surface area contributed by atoms with Crippen LogP contribution in [0.3, 0.4) is 0 Å². The highest BCUT2D eigenvalue weighted by atomic mass is 32.2. The van der Waals surface area contributed by atoms with Crippen LogP contribution < -0.4 is 20.1 Å². The van der Waals surface area contributed by atoms with Crippen molar-refractivity contribution in [3.05, 3.63) is 66.2 Å². The van der Waals surface area contributed by atoms with Crippen molar-refractivity contribution in [2.45, 2.75) is 43.2 Å². The lowest BCUT2D eigenvalue weighted by Gasteiger charge is -2.32. The monoisotopic (exact) mass is 539 g/mol. The second-order valence-electron chi connectivity index (χ2n) is 9.30. The Hall–Kier alpha value is -3.63. The Kier molecular flexibility index (Phi) is 8.53. The van der Waals surface area contributed by atoms with Gasteiger partial charge in [0, 0.05) is 43.9 Å². The van der Waals surface area contributed by atoms with Gasteiger partial charge in [-0.05, 0) is 35.9 Å². The third kappa shape index (κ3) is 6.08. The van der Waals surface area contributed by atoms with Gasteiger partial charge in [0.2, 0.25) is 21.8 Å². The molecule has 38 heavy (non-hydrogen) atoms. The van der Waals surface area contributed by atoms with Gasteiger partial charge in [-0.2, -0.15) is 4.31 Å². The summed E-state index contributed by atoms with van der Waals surface area (Å²) in [6.45, 7) is 1.93. The predicted octanol–water partition coefficient (Wildman–Crippen LogP) is 2.87. The van der Waals surface area contributed by atoms with Gasteiger partial charge in [0.1, 0.15) is 17.5 Å². The predicted molar refractivity (Wildman–Crippen MR) is 145 cm³/mol. The van der Waals surface area contributed by atoms with E-state index in [1.165, 1.54) is 18.3 Å². The van der Waals surface area contributed by atoms with E-state index < -0.39 is 16.1 Å². The molecule has 0 radical (unpaired) electrons. The first-order valence-electron chi connectivity index (χ1n) is 12.5. The summed E-state index contributed by atoms with van der Waals surface area (Å²) in [5, 5.41) is 7.29. The van der Waals surface area contributed by atoms with Gasteiger partial charge >= 0.3 is 0 Å². The van der Waals surface area contributed by atoms with Crippen molar-refractivity contribution in [1.29, 1.82) is 0 Å². The van der Waals surface area contributed by atoms with Crippen molar-refractivity contribution in [1.82, 2.24) is 14.9 Å². The van der Waals surface area contributed by atoms with Gasteiger partial charge in [-0.3, -0.25) is 9.59 Å². The molecule has 3 aromatic carbocycles.